The highest BCUT2D eigenvalue weighted by Crippen LogP contribution is 2.44. The van der Waals surface area contributed by atoms with Gasteiger partial charge in [0.25, 0.3) is 0 Å². The lowest BCUT2D eigenvalue weighted by Crippen LogP contribution is -2.59. The van der Waals surface area contributed by atoms with Gasteiger partial charge in [-0.3, -0.25) is 4.79 Å². The Kier molecular flexibility index (Phi) is 4.03. The molecular weight excluding hydrogens is 260 g/mol. The molecular formula is C18H26N2O. The average Bonchev–Trinajstić information content (AvgIpc) is 3.16. The van der Waals surface area contributed by atoms with E-state index in [1.54, 1.807) is 0 Å². The van der Waals surface area contributed by atoms with Gasteiger partial charge in [-0.2, -0.15) is 0 Å². The maximum Gasteiger partial charge on any atom is 0.223 e. The van der Waals surface area contributed by atoms with Crippen LogP contribution in [0.1, 0.15) is 32.3 Å². The number of nitrogens with one attached hydrogen (secondary N) is 1. The lowest BCUT2D eigenvalue weighted by atomic mass is 9.99. The minimum atomic E-state index is -0.0425. The van der Waals surface area contributed by atoms with Gasteiger partial charge in [0.1, 0.15) is 0 Å². The number of piperazine rings is 1. The molecule has 21 heavy (non-hydrogen) atoms. The lowest BCUT2D eigenvalue weighted by Gasteiger charge is -2.43. The van der Waals surface area contributed by atoms with E-state index in [4.69, 9.17) is 0 Å². The van der Waals surface area contributed by atoms with Gasteiger partial charge in [-0.15, -0.1) is 0 Å². The second-order valence-corrected chi connectivity index (χ2v) is 7.18. The Morgan fingerprint density at radius 1 is 1.29 bits per heavy atom. The number of carbonyl (C=O) groups is 1. The van der Waals surface area contributed by atoms with E-state index in [1.165, 1.54) is 12.0 Å². The van der Waals surface area contributed by atoms with Gasteiger partial charge >= 0.3 is 0 Å². The Balaban J connectivity index is 1.50. The summed E-state index contributed by atoms with van der Waals surface area (Å²) in [5, 5.41) is 3.38. The quantitative estimate of drug-likeness (QED) is 0.922. The fourth-order valence-corrected chi connectivity index (χ4v) is 3.51. The molecule has 1 aliphatic carbocycles. The Morgan fingerprint density at radius 3 is 2.76 bits per heavy atom. The standard InChI is InChI=1S/C18H26N2O/c1-18(2)13-19-8-9-20(18)17(21)12-16-11-15(16)10-14-6-4-3-5-7-14/h3-7,15-16,19H,8-13H2,1-2H3/t15-,16+/m1/s1. The monoisotopic (exact) mass is 286 g/mol. The molecule has 0 spiro atoms. The van der Waals surface area contributed by atoms with Gasteiger partial charge in [-0.1, -0.05) is 30.3 Å². The largest absolute Gasteiger partial charge is 0.335 e. The van der Waals surface area contributed by atoms with E-state index in [1.807, 2.05) is 0 Å². The van der Waals surface area contributed by atoms with Crippen molar-refractivity contribution in [3.05, 3.63) is 35.9 Å². The summed E-state index contributed by atoms with van der Waals surface area (Å²) in [6.07, 6.45) is 3.08. The molecule has 114 valence electrons. The number of benzene rings is 1. The predicted octanol–water partition coefficient (Wildman–Crippen LogP) is 2.47. The maximum absolute atomic E-state index is 12.6. The van der Waals surface area contributed by atoms with Crippen molar-refractivity contribution in [1.29, 1.82) is 0 Å². The first-order valence-electron chi connectivity index (χ1n) is 8.11. The van der Waals surface area contributed by atoms with E-state index in [0.29, 0.717) is 17.7 Å². The second-order valence-electron chi connectivity index (χ2n) is 7.18. The molecule has 0 bridgehead atoms. The van der Waals surface area contributed by atoms with Crippen LogP contribution >= 0.6 is 0 Å². The highest BCUT2D eigenvalue weighted by Gasteiger charge is 2.41. The smallest absolute Gasteiger partial charge is 0.223 e. The van der Waals surface area contributed by atoms with E-state index >= 15 is 0 Å². The van der Waals surface area contributed by atoms with Crippen LogP contribution < -0.4 is 5.32 Å². The molecule has 3 heteroatoms. The highest BCUT2D eigenvalue weighted by molar-refractivity contribution is 5.77. The molecule has 1 aliphatic heterocycles. The molecule has 1 heterocycles. The Morgan fingerprint density at radius 2 is 2.05 bits per heavy atom. The molecule has 1 aromatic carbocycles. The number of hydrogen-bond donors (Lipinski definition) is 1. The number of rotatable bonds is 4. The molecule has 1 saturated carbocycles. The van der Waals surface area contributed by atoms with Crippen LogP contribution in [0.2, 0.25) is 0 Å². The first-order valence-corrected chi connectivity index (χ1v) is 8.11. The SMILES string of the molecule is CC1(C)CNCCN1C(=O)C[C@@H]1C[C@H]1Cc1ccccc1. The summed E-state index contributed by atoms with van der Waals surface area (Å²) in [6.45, 7) is 6.99. The summed E-state index contributed by atoms with van der Waals surface area (Å²) in [7, 11) is 0. The molecule has 2 atom stereocenters. The third kappa shape index (κ3) is 3.46. The molecule has 1 N–H and O–H groups in total. The fraction of sp³-hybridized carbons (Fsp3) is 0.611. The highest BCUT2D eigenvalue weighted by atomic mass is 16.2. The van der Waals surface area contributed by atoms with E-state index in [0.717, 1.165) is 32.5 Å². The van der Waals surface area contributed by atoms with Crippen molar-refractivity contribution in [3.63, 3.8) is 0 Å². The van der Waals surface area contributed by atoms with Crippen LogP contribution in [0, 0.1) is 11.8 Å². The zero-order chi connectivity index (χ0) is 14.9. The number of nitrogens with zero attached hydrogens (tertiary/aromatic N) is 1. The third-order valence-corrected chi connectivity index (χ3v) is 4.95. The molecule has 2 fully saturated rings. The summed E-state index contributed by atoms with van der Waals surface area (Å²) >= 11 is 0. The van der Waals surface area contributed by atoms with E-state index in [-0.39, 0.29) is 5.54 Å². The Labute approximate surface area is 127 Å². The van der Waals surface area contributed by atoms with E-state index in [2.05, 4.69) is 54.4 Å². The summed E-state index contributed by atoms with van der Waals surface area (Å²) in [6, 6.07) is 10.6. The van der Waals surface area contributed by atoms with E-state index < -0.39 is 0 Å². The minimum absolute atomic E-state index is 0.0425. The predicted molar refractivity (Wildman–Crippen MR) is 85.0 cm³/mol. The summed E-state index contributed by atoms with van der Waals surface area (Å²) in [5.74, 6) is 1.66. The van der Waals surface area contributed by atoms with Crippen LogP contribution in [0.5, 0.6) is 0 Å². The molecule has 1 saturated heterocycles. The van der Waals surface area contributed by atoms with Crippen molar-refractivity contribution in [2.45, 2.75) is 38.6 Å². The molecule has 2 aliphatic rings. The summed E-state index contributed by atoms with van der Waals surface area (Å²) in [4.78, 5) is 14.6. The third-order valence-electron chi connectivity index (χ3n) is 4.95. The van der Waals surface area contributed by atoms with Gasteiger partial charge in [0.2, 0.25) is 5.91 Å². The van der Waals surface area contributed by atoms with Crippen LogP contribution in [0.4, 0.5) is 0 Å². The zero-order valence-corrected chi connectivity index (χ0v) is 13.1. The van der Waals surface area contributed by atoms with Gasteiger partial charge < -0.3 is 10.2 Å². The van der Waals surface area contributed by atoms with Gasteiger partial charge in [0.15, 0.2) is 0 Å². The van der Waals surface area contributed by atoms with Gasteiger partial charge in [-0.25, -0.2) is 0 Å². The number of hydrogen-bond acceptors (Lipinski definition) is 2. The lowest BCUT2D eigenvalue weighted by molar-refractivity contribution is -0.138. The zero-order valence-electron chi connectivity index (χ0n) is 13.1. The van der Waals surface area contributed by atoms with Crippen molar-refractivity contribution in [2.24, 2.45) is 11.8 Å². The molecule has 0 aromatic heterocycles. The van der Waals surface area contributed by atoms with Crippen LogP contribution in [0.25, 0.3) is 0 Å². The first kappa shape index (κ1) is 14.6. The van der Waals surface area contributed by atoms with Gasteiger partial charge in [-0.05, 0) is 44.1 Å². The second kappa shape index (κ2) is 5.80. The van der Waals surface area contributed by atoms with Crippen molar-refractivity contribution in [3.8, 4) is 0 Å². The molecule has 0 unspecified atom stereocenters. The Bertz CT molecular complexity index is 497. The van der Waals surface area contributed by atoms with Crippen molar-refractivity contribution >= 4 is 5.91 Å². The summed E-state index contributed by atoms with van der Waals surface area (Å²) in [5.41, 5.74) is 1.36. The molecule has 3 nitrogen and oxygen atoms in total. The fourth-order valence-electron chi connectivity index (χ4n) is 3.51. The topological polar surface area (TPSA) is 32.3 Å². The molecule has 1 aromatic rings. The minimum Gasteiger partial charge on any atom is -0.335 e. The Hall–Kier alpha value is -1.35. The average molecular weight is 286 g/mol. The van der Waals surface area contributed by atoms with Crippen LogP contribution in [-0.2, 0) is 11.2 Å². The van der Waals surface area contributed by atoms with Crippen LogP contribution in [0.15, 0.2) is 30.3 Å². The molecule has 0 radical (unpaired) electrons. The maximum atomic E-state index is 12.6. The normalized spacial score (nSPS) is 27.4. The number of amides is 1. The molecule has 1 amide bonds. The van der Waals surface area contributed by atoms with E-state index in [9.17, 15) is 4.79 Å². The van der Waals surface area contributed by atoms with Gasteiger partial charge in [0, 0.05) is 31.6 Å². The first-order chi connectivity index (χ1) is 10.1. The van der Waals surface area contributed by atoms with Crippen molar-refractivity contribution in [2.75, 3.05) is 19.6 Å². The molecule has 3 rings (SSSR count). The van der Waals surface area contributed by atoms with Gasteiger partial charge in [0.05, 0.1) is 0 Å². The van der Waals surface area contributed by atoms with Crippen molar-refractivity contribution in [1.82, 2.24) is 10.2 Å². The summed E-state index contributed by atoms with van der Waals surface area (Å²) < 4.78 is 0. The van der Waals surface area contributed by atoms with Crippen LogP contribution in [-0.4, -0.2) is 36.0 Å². The van der Waals surface area contributed by atoms with Crippen LogP contribution in [0.3, 0.4) is 0 Å². The van der Waals surface area contributed by atoms with Crippen molar-refractivity contribution < 1.29 is 4.79 Å². The number of carbonyl (C=O) groups excluding carboxylic acids is 1.